The van der Waals surface area contributed by atoms with E-state index in [0.717, 1.165) is 25.7 Å². The molecule has 1 saturated heterocycles. The Labute approximate surface area is 123 Å². The molecule has 2 rings (SSSR count). The van der Waals surface area contributed by atoms with E-state index in [9.17, 15) is 18.0 Å². The summed E-state index contributed by atoms with van der Waals surface area (Å²) in [6, 6.07) is -1.58. The molecule has 1 heterocycles. The molecule has 0 aromatic heterocycles. The van der Waals surface area contributed by atoms with Crippen molar-refractivity contribution in [3.05, 3.63) is 0 Å². The SMILES string of the molecule is CCCC1(C(=O)NCC(N2CCNCC2)C(F)(F)F)CC1. The lowest BCUT2D eigenvalue weighted by Gasteiger charge is -2.36. The van der Waals surface area contributed by atoms with Gasteiger partial charge in [0.15, 0.2) is 0 Å². The molecule has 1 amide bonds. The zero-order chi connectivity index (χ0) is 15.5. The molecule has 2 N–H and O–H groups in total. The Hall–Kier alpha value is -0.820. The lowest BCUT2D eigenvalue weighted by atomic mass is 9.99. The number of piperazine rings is 1. The van der Waals surface area contributed by atoms with Crippen molar-refractivity contribution in [3.63, 3.8) is 0 Å². The molecule has 1 aliphatic heterocycles. The first-order chi connectivity index (χ1) is 9.89. The van der Waals surface area contributed by atoms with E-state index in [2.05, 4.69) is 10.6 Å². The highest BCUT2D eigenvalue weighted by molar-refractivity contribution is 5.85. The molecule has 1 aliphatic carbocycles. The molecule has 0 radical (unpaired) electrons. The first kappa shape index (κ1) is 16.5. The van der Waals surface area contributed by atoms with Crippen LogP contribution in [-0.4, -0.2) is 55.7 Å². The van der Waals surface area contributed by atoms with Crippen molar-refractivity contribution in [3.8, 4) is 0 Å². The molecule has 1 unspecified atom stereocenters. The van der Waals surface area contributed by atoms with Gasteiger partial charge in [0.05, 0.1) is 0 Å². The van der Waals surface area contributed by atoms with Crippen molar-refractivity contribution in [1.82, 2.24) is 15.5 Å². The van der Waals surface area contributed by atoms with Gasteiger partial charge < -0.3 is 10.6 Å². The van der Waals surface area contributed by atoms with Crippen molar-refractivity contribution in [1.29, 1.82) is 0 Å². The van der Waals surface area contributed by atoms with E-state index in [1.807, 2.05) is 6.92 Å². The summed E-state index contributed by atoms with van der Waals surface area (Å²) >= 11 is 0. The molecular weight excluding hydrogens is 283 g/mol. The number of hydrogen-bond acceptors (Lipinski definition) is 3. The number of carbonyl (C=O) groups excluding carboxylic acids is 1. The van der Waals surface area contributed by atoms with E-state index in [0.29, 0.717) is 26.2 Å². The van der Waals surface area contributed by atoms with E-state index in [1.54, 1.807) is 0 Å². The molecule has 0 aromatic carbocycles. The second kappa shape index (κ2) is 6.52. The Morgan fingerprint density at radius 2 is 1.95 bits per heavy atom. The van der Waals surface area contributed by atoms with E-state index >= 15 is 0 Å². The fourth-order valence-corrected chi connectivity index (χ4v) is 3.04. The van der Waals surface area contributed by atoms with Gasteiger partial charge in [0.1, 0.15) is 6.04 Å². The van der Waals surface area contributed by atoms with Crippen LogP contribution in [0.4, 0.5) is 13.2 Å². The van der Waals surface area contributed by atoms with Crippen LogP contribution in [0.3, 0.4) is 0 Å². The van der Waals surface area contributed by atoms with Gasteiger partial charge >= 0.3 is 6.18 Å². The average molecular weight is 307 g/mol. The molecule has 1 atom stereocenters. The van der Waals surface area contributed by atoms with Gasteiger partial charge in [0, 0.05) is 38.1 Å². The van der Waals surface area contributed by atoms with Crippen molar-refractivity contribution in [2.24, 2.45) is 5.41 Å². The Morgan fingerprint density at radius 1 is 1.33 bits per heavy atom. The fourth-order valence-electron chi connectivity index (χ4n) is 3.04. The highest BCUT2D eigenvalue weighted by atomic mass is 19.4. The van der Waals surface area contributed by atoms with Gasteiger partial charge in [-0.25, -0.2) is 0 Å². The first-order valence-electron chi connectivity index (χ1n) is 7.69. The number of carbonyl (C=O) groups is 1. The summed E-state index contributed by atoms with van der Waals surface area (Å²) in [5.41, 5.74) is -0.381. The summed E-state index contributed by atoms with van der Waals surface area (Å²) in [6.07, 6.45) is -1.06. The second-order valence-corrected chi connectivity index (χ2v) is 6.08. The van der Waals surface area contributed by atoms with Gasteiger partial charge in [0.2, 0.25) is 5.91 Å². The molecule has 21 heavy (non-hydrogen) atoms. The summed E-state index contributed by atoms with van der Waals surface area (Å²) in [4.78, 5) is 13.5. The van der Waals surface area contributed by atoms with Gasteiger partial charge in [-0.1, -0.05) is 13.3 Å². The maximum atomic E-state index is 13.2. The molecule has 0 aromatic rings. The lowest BCUT2D eigenvalue weighted by molar-refractivity contribution is -0.184. The van der Waals surface area contributed by atoms with Gasteiger partial charge in [-0.3, -0.25) is 9.69 Å². The van der Waals surface area contributed by atoms with E-state index in [-0.39, 0.29) is 17.9 Å². The van der Waals surface area contributed by atoms with Crippen LogP contribution in [0, 0.1) is 5.41 Å². The molecule has 4 nitrogen and oxygen atoms in total. The average Bonchev–Trinajstić information content (AvgIpc) is 3.20. The van der Waals surface area contributed by atoms with Crippen molar-refractivity contribution in [2.75, 3.05) is 32.7 Å². The van der Waals surface area contributed by atoms with Crippen molar-refractivity contribution in [2.45, 2.75) is 44.8 Å². The number of hydrogen-bond donors (Lipinski definition) is 2. The molecular formula is C14H24F3N3O. The minimum Gasteiger partial charge on any atom is -0.354 e. The van der Waals surface area contributed by atoms with Gasteiger partial charge in [-0.15, -0.1) is 0 Å². The summed E-state index contributed by atoms with van der Waals surface area (Å²) in [5, 5.41) is 5.59. The van der Waals surface area contributed by atoms with Gasteiger partial charge in [-0.05, 0) is 19.3 Å². The Kier molecular flexibility index (Phi) is 5.14. The monoisotopic (exact) mass is 307 g/mol. The quantitative estimate of drug-likeness (QED) is 0.782. The van der Waals surface area contributed by atoms with E-state index in [1.165, 1.54) is 4.90 Å². The molecule has 1 saturated carbocycles. The lowest BCUT2D eigenvalue weighted by Crippen LogP contribution is -2.58. The Bertz CT molecular complexity index is 363. The predicted molar refractivity (Wildman–Crippen MR) is 73.9 cm³/mol. The van der Waals surface area contributed by atoms with Crippen LogP contribution in [0.15, 0.2) is 0 Å². The van der Waals surface area contributed by atoms with Crippen LogP contribution in [0.5, 0.6) is 0 Å². The highest BCUT2D eigenvalue weighted by Gasteiger charge is 2.50. The third-order valence-electron chi connectivity index (χ3n) is 4.49. The summed E-state index contributed by atoms with van der Waals surface area (Å²) in [6.45, 7) is 3.49. The largest absolute Gasteiger partial charge is 0.405 e. The van der Waals surface area contributed by atoms with E-state index in [4.69, 9.17) is 0 Å². The number of halogens is 3. The number of nitrogens with zero attached hydrogens (tertiary/aromatic N) is 1. The van der Waals surface area contributed by atoms with Crippen molar-refractivity contribution >= 4 is 5.91 Å². The standard InChI is InChI=1S/C14H24F3N3O/c1-2-3-13(4-5-13)12(21)19-10-11(14(15,16)17)20-8-6-18-7-9-20/h11,18H,2-10H2,1H3,(H,19,21). The smallest absolute Gasteiger partial charge is 0.354 e. The second-order valence-electron chi connectivity index (χ2n) is 6.08. The minimum absolute atomic E-state index is 0.200. The van der Waals surface area contributed by atoms with Crippen LogP contribution in [0.1, 0.15) is 32.6 Å². The zero-order valence-corrected chi connectivity index (χ0v) is 12.4. The molecule has 2 fully saturated rings. The summed E-state index contributed by atoms with van der Waals surface area (Å²) in [7, 11) is 0. The third-order valence-corrected chi connectivity index (χ3v) is 4.49. The zero-order valence-electron chi connectivity index (χ0n) is 12.4. The Morgan fingerprint density at radius 3 is 2.43 bits per heavy atom. The van der Waals surface area contributed by atoms with Crippen LogP contribution in [0.2, 0.25) is 0 Å². The van der Waals surface area contributed by atoms with Crippen LogP contribution in [-0.2, 0) is 4.79 Å². The van der Waals surface area contributed by atoms with E-state index < -0.39 is 12.2 Å². The van der Waals surface area contributed by atoms with Crippen LogP contribution in [0.25, 0.3) is 0 Å². The normalized spacial score (nSPS) is 23.6. The molecule has 2 aliphatic rings. The van der Waals surface area contributed by atoms with Gasteiger partial charge in [-0.2, -0.15) is 13.2 Å². The first-order valence-corrected chi connectivity index (χ1v) is 7.69. The topological polar surface area (TPSA) is 44.4 Å². The Balaban J connectivity index is 1.91. The molecule has 122 valence electrons. The summed E-state index contributed by atoms with van der Waals surface area (Å²) < 4.78 is 39.6. The number of amides is 1. The number of alkyl halides is 3. The van der Waals surface area contributed by atoms with Gasteiger partial charge in [0.25, 0.3) is 0 Å². The van der Waals surface area contributed by atoms with Crippen molar-refractivity contribution < 1.29 is 18.0 Å². The minimum atomic E-state index is -4.31. The third kappa shape index (κ3) is 4.10. The predicted octanol–water partition coefficient (Wildman–Crippen LogP) is 1.52. The highest BCUT2D eigenvalue weighted by Crippen LogP contribution is 2.49. The number of rotatable bonds is 6. The maximum Gasteiger partial charge on any atom is 0.405 e. The maximum absolute atomic E-state index is 13.2. The molecule has 0 spiro atoms. The molecule has 0 bridgehead atoms. The van der Waals surface area contributed by atoms with Crippen LogP contribution >= 0.6 is 0 Å². The summed E-state index contributed by atoms with van der Waals surface area (Å²) in [5.74, 6) is -0.200. The molecule has 7 heteroatoms. The van der Waals surface area contributed by atoms with Crippen LogP contribution < -0.4 is 10.6 Å². The fraction of sp³-hybridized carbons (Fsp3) is 0.929. The number of nitrogens with one attached hydrogen (secondary N) is 2.